The van der Waals surface area contributed by atoms with Crippen LogP contribution in [0.1, 0.15) is 19.3 Å². The molecule has 0 bridgehead atoms. The third-order valence-corrected chi connectivity index (χ3v) is 3.95. The highest BCUT2D eigenvalue weighted by Crippen LogP contribution is 2.19. The SMILES string of the molecule is NCCOCCOCCNC(=O)C(CCCCN1C(=O)C=CC1=O)OC(=O)C(F)(F)F. The van der Waals surface area contributed by atoms with Crippen LogP contribution in [0.25, 0.3) is 0 Å². The maximum atomic E-state index is 12.5. The van der Waals surface area contributed by atoms with Crippen LogP contribution in [0.15, 0.2) is 12.2 Å². The summed E-state index contributed by atoms with van der Waals surface area (Å²) >= 11 is 0. The van der Waals surface area contributed by atoms with Gasteiger partial charge in [0.2, 0.25) is 0 Å². The molecule has 31 heavy (non-hydrogen) atoms. The molecular weight excluding hydrogens is 427 g/mol. The van der Waals surface area contributed by atoms with Crippen LogP contribution in [0.3, 0.4) is 0 Å². The summed E-state index contributed by atoms with van der Waals surface area (Å²) in [6.45, 7) is 1.38. The lowest BCUT2D eigenvalue weighted by molar-refractivity contribution is -0.205. The number of amides is 3. The van der Waals surface area contributed by atoms with Crippen LogP contribution in [0.2, 0.25) is 0 Å². The number of imide groups is 1. The Labute approximate surface area is 176 Å². The number of hydrogen-bond acceptors (Lipinski definition) is 8. The number of halogens is 3. The predicted molar refractivity (Wildman–Crippen MR) is 99.3 cm³/mol. The third-order valence-electron chi connectivity index (χ3n) is 3.95. The number of ether oxygens (including phenoxy) is 3. The fourth-order valence-electron chi connectivity index (χ4n) is 2.46. The first kappa shape index (κ1) is 26.5. The molecule has 0 aromatic carbocycles. The smallest absolute Gasteiger partial charge is 0.446 e. The number of unbranched alkanes of at least 4 members (excludes halogenated alkanes) is 1. The maximum Gasteiger partial charge on any atom is 0.490 e. The highest BCUT2D eigenvalue weighted by Gasteiger charge is 2.43. The van der Waals surface area contributed by atoms with Crippen LogP contribution in [-0.2, 0) is 33.4 Å². The molecule has 0 saturated heterocycles. The summed E-state index contributed by atoms with van der Waals surface area (Å²) in [5.41, 5.74) is 5.25. The molecule has 0 spiro atoms. The minimum absolute atomic E-state index is 0.0156. The molecule has 1 aliphatic rings. The quantitative estimate of drug-likeness (QED) is 0.195. The van der Waals surface area contributed by atoms with Crippen molar-refractivity contribution in [2.45, 2.75) is 31.5 Å². The number of nitrogens with zero attached hydrogens (tertiary/aromatic N) is 1. The summed E-state index contributed by atoms with van der Waals surface area (Å²) in [4.78, 5) is 47.2. The lowest BCUT2D eigenvalue weighted by atomic mass is 10.1. The normalized spacial score (nSPS) is 14.8. The highest BCUT2D eigenvalue weighted by atomic mass is 19.4. The molecule has 1 heterocycles. The van der Waals surface area contributed by atoms with Gasteiger partial charge in [-0.1, -0.05) is 0 Å². The molecule has 0 aromatic heterocycles. The van der Waals surface area contributed by atoms with Gasteiger partial charge in [-0.25, -0.2) is 4.79 Å². The van der Waals surface area contributed by atoms with E-state index in [4.69, 9.17) is 15.2 Å². The molecule has 3 amide bonds. The summed E-state index contributed by atoms with van der Waals surface area (Å²) in [6, 6.07) is 0. The molecule has 10 nitrogen and oxygen atoms in total. The average molecular weight is 453 g/mol. The molecule has 3 N–H and O–H groups in total. The molecule has 13 heteroatoms. The Balaban J connectivity index is 2.41. The van der Waals surface area contributed by atoms with E-state index in [0.29, 0.717) is 19.8 Å². The monoisotopic (exact) mass is 453 g/mol. The van der Waals surface area contributed by atoms with Crippen molar-refractivity contribution in [1.82, 2.24) is 10.2 Å². The molecule has 0 radical (unpaired) electrons. The van der Waals surface area contributed by atoms with Gasteiger partial charge >= 0.3 is 12.1 Å². The van der Waals surface area contributed by atoms with Crippen molar-refractivity contribution in [2.75, 3.05) is 46.1 Å². The van der Waals surface area contributed by atoms with Crippen molar-refractivity contribution in [2.24, 2.45) is 5.73 Å². The van der Waals surface area contributed by atoms with E-state index in [1.54, 1.807) is 0 Å². The molecule has 176 valence electrons. The molecule has 1 unspecified atom stereocenters. The maximum absolute atomic E-state index is 12.5. The molecule has 0 fully saturated rings. The van der Waals surface area contributed by atoms with Gasteiger partial charge in [-0.3, -0.25) is 19.3 Å². The Morgan fingerprint density at radius 1 is 1.03 bits per heavy atom. The van der Waals surface area contributed by atoms with Crippen molar-refractivity contribution in [3.63, 3.8) is 0 Å². The van der Waals surface area contributed by atoms with E-state index >= 15 is 0 Å². The van der Waals surface area contributed by atoms with Gasteiger partial charge in [0.25, 0.3) is 17.7 Å². The van der Waals surface area contributed by atoms with Gasteiger partial charge in [-0.15, -0.1) is 0 Å². The zero-order valence-electron chi connectivity index (χ0n) is 16.8. The summed E-state index contributed by atoms with van der Waals surface area (Å²) < 4.78 is 52.1. The van der Waals surface area contributed by atoms with Crippen LogP contribution >= 0.6 is 0 Å². The molecule has 1 aliphatic heterocycles. The first-order valence-corrected chi connectivity index (χ1v) is 9.61. The zero-order chi connectivity index (χ0) is 23.3. The molecule has 1 rings (SSSR count). The molecule has 0 aromatic rings. The van der Waals surface area contributed by atoms with Crippen LogP contribution in [0, 0.1) is 0 Å². The predicted octanol–water partition coefficient (Wildman–Crippen LogP) is -0.336. The van der Waals surface area contributed by atoms with E-state index in [1.807, 2.05) is 0 Å². The van der Waals surface area contributed by atoms with Crippen molar-refractivity contribution in [3.05, 3.63) is 12.2 Å². The van der Waals surface area contributed by atoms with Crippen molar-refractivity contribution < 1.29 is 46.6 Å². The molecule has 1 atom stereocenters. The first-order chi connectivity index (χ1) is 14.7. The first-order valence-electron chi connectivity index (χ1n) is 9.61. The van der Waals surface area contributed by atoms with Gasteiger partial charge in [0.1, 0.15) is 0 Å². The largest absolute Gasteiger partial charge is 0.490 e. The Hall–Kier alpha value is -2.51. The summed E-state index contributed by atoms with van der Waals surface area (Å²) in [5.74, 6) is -4.36. The highest BCUT2D eigenvalue weighted by molar-refractivity contribution is 6.12. The van der Waals surface area contributed by atoms with E-state index in [1.165, 1.54) is 0 Å². The second kappa shape index (κ2) is 13.7. The van der Waals surface area contributed by atoms with Crippen LogP contribution in [0.4, 0.5) is 13.2 Å². The number of rotatable bonds is 15. The lowest BCUT2D eigenvalue weighted by Crippen LogP contribution is -2.42. The number of hydrogen-bond donors (Lipinski definition) is 2. The number of nitrogens with two attached hydrogens (primary N) is 1. The average Bonchev–Trinajstić information content (AvgIpc) is 3.03. The van der Waals surface area contributed by atoms with Crippen molar-refractivity contribution in [1.29, 1.82) is 0 Å². The van der Waals surface area contributed by atoms with Crippen LogP contribution in [-0.4, -0.2) is 86.9 Å². The number of carbonyl (C=O) groups excluding carboxylic acids is 4. The van der Waals surface area contributed by atoms with Gasteiger partial charge in [0.15, 0.2) is 6.10 Å². The topological polar surface area (TPSA) is 137 Å². The standard InChI is InChI=1S/C18H26F3N3O7/c19-18(20,21)17(28)31-13(3-1-2-8-24-14(25)4-5-15(24)26)16(27)23-7-10-30-12-11-29-9-6-22/h4-5,13H,1-3,6-12,22H2,(H,23,27). The Kier molecular flexibility index (Phi) is 11.7. The Morgan fingerprint density at radius 3 is 2.23 bits per heavy atom. The van der Waals surface area contributed by atoms with Gasteiger partial charge in [0, 0.05) is 31.8 Å². The van der Waals surface area contributed by atoms with Gasteiger partial charge in [-0.05, 0) is 19.3 Å². The number of nitrogens with one attached hydrogen (secondary N) is 1. The van der Waals surface area contributed by atoms with E-state index in [2.05, 4.69) is 10.1 Å². The number of carbonyl (C=O) groups is 4. The third kappa shape index (κ3) is 10.4. The second-order valence-electron chi connectivity index (χ2n) is 6.35. The summed E-state index contributed by atoms with van der Waals surface area (Å²) in [7, 11) is 0. The zero-order valence-corrected chi connectivity index (χ0v) is 16.8. The minimum atomic E-state index is -5.24. The van der Waals surface area contributed by atoms with Gasteiger partial charge < -0.3 is 25.3 Å². The Morgan fingerprint density at radius 2 is 1.65 bits per heavy atom. The van der Waals surface area contributed by atoms with Crippen molar-refractivity contribution >= 4 is 23.7 Å². The van der Waals surface area contributed by atoms with E-state index in [0.717, 1.165) is 17.1 Å². The lowest BCUT2D eigenvalue weighted by Gasteiger charge is -2.19. The van der Waals surface area contributed by atoms with Crippen LogP contribution < -0.4 is 11.1 Å². The minimum Gasteiger partial charge on any atom is -0.446 e. The van der Waals surface area contributed by atoms with E-state index < -0.39 is 36.0 Å². The van der Waals surface area contributed by atoms with E-state index in [9.17, 15) is 32.3 Å². The second-order valence-corrected chi connectivity index (χ2v) is 6.35. The fraction of sp³-hybridized carbons (Fsp3) is 0.667. The summed E-state index contributed by atoms with van der Waals surface area (Å²) in [6.07, 6.45) is -4.57. The number of alkyl halides is 3. The fourth-order valence-corrected chi connectivity index (χ4v) is 2.46. The molecule has 0 aliphatic carbocycles. The van der Waals surface area contributed by atoms with Crippen LogP contribution in [0.5, 0.6) is 0 Å². The van der Waals surface area contributed by atoms with Gasteiger partial charge in [-0.2, -0.15) is 13.2 Å². The van der Waals surface area contributed by atoms with E-state index in [-0.39, 0.29) is 45.6 Å². The summed E-state index contributed by atoms with van der Waals surface area (Å²) in [5, 5.41) is 2.34. The van der Waals surface area contributed by atoms with Crippen molar-refractivity contribution in [3.8, 4) is 0 Å². The van der Waals surface area contributed by atoms with Gasteiger partial charge in [0.05, 0.1) is 26.4 Å². The molecular formula is C18H26F3N3O7. The number of esters is 1. The Bertz CT molecular complexity index is 638. The molecule has 0 saturated carbocycles.